The van der Waals surface area contributed by atoms with Gasteiger partial charge in [-0.3, -0.25) is 4.79 Å². The number of aryl methyl sites for hydroxylation is 1. The van der Waals surface area contributed by atoms with Gasteiger partial charge in [-0.05, 0) is 31.2 Å². The highest BCUT2D eigenvalue weighted by molar-refractivity contribution is 7.09. The highest BCUT2D eigenvalue weighted by atomic mass is 32.1. The third kappa shape index (κ3) is 3.90. The predicted octanol–water partition coefficient (Wildman–Crippen LogP) is 4.66. The van der Waals surface area contributed by atoms with E-state index in [1.165, 1.54) is 23.5 Å². The number of nitrogens with one attached hydrogen (secondary N) is 1. The van der Waals surface area contributed by atoms with E-state index in [2.05, 4.69) is 10.3 Å². The molecule has 0 unspecified atom stereocenters. The van der Waals surface area contributed by atoms with Crippen molar-refractivity contribution in [3.05, 3.63) is 63.7 Å². The number of carbonyl (C=O) groups is 1. The molecule has 2 aromatic heterocycles. The summed E-state index contributed by atoms with van der Waals surface area (Å²) in [6, 6.07) is 8.02. The smallest absolute Gasteiger partial charge is 0.417 e. The van der Waals surface area contributed by atoms with Crippen LogP contribution in [0.5, 0.6) is 0 Å². The minimum absolute atomic E-state index is 0.0197. The van der Waals surface area contributed by atoms with Gasteiger partial charge in [0.2, 0.25) is 0 Å². The van der Waals surface area contributed by atoms with Gasteiger partial charge in [0, 0.05) is 5.38 Å². The average molecular weight is 366 g/mol. The second-order valence-electron chi connectivity index (χ2n) is 5.24. The summed E-state index contributed by atoms with van der Waals surface area (Å²) in [5.41, 5.74) is -0.704. The van der Waals surface area contributed by atoms with Crippen molar-refractivity contribution in [3.63, 3.8) is 0 Å². The summed E-state index contributed by atoms with van der Waals surface area (Å²) in [6.45, 7) is 1.85. The lowest BCUT2D eigenvalue weighted by Gasteiger charge is -2.12. The van der Waals surface area contributed by atoms with Crippen LogP contribution in [0.15, 0.2) is 46.2 Å². The zero-order valence-electron chi connectivity index (χ0n) is 13.1. The van der Waals surface area contributed by atoms with E-state index in [1.807, 2.05) is 12.3 Å². The van der Waals surface area contributed by atoms with E-state index < -0.39 is 23.2 Å². The van der Waals surface area contributed by atoms with Crippen molar-refractivity contribution in [2.24, 2.45) is 0 Å². The second-order valence-corrected chi connectivity index (χ2v) is 6.31. The molecule has 1 N–H and O–H groups in total. The first-order valence-electron chi connectivity index (χ1n) is 7.30. The molecule has 1 aromatic carbocycles. The molecule has 3 rings (SSSR count). The van der Waals surface area contributed by atoms with E-state index in [1.54, 1.807) is 12.1 Å². The molecule has 0 radical (unpaired) electrons. The number of benzene rings is 1. The molecule has 0 aliphatic heterocycles. The molecule has 130 valence electrons. The Morgan fingerprint density at radius 1 is 1.24 bits per heavy atom. The van der Waals surface area contributed by atoms with Crippen molar-refractivity contribution < 1.29 is 22.4 Å². The van der Waals surface area contributed by atoms with Crippen molar-refractivity contribution in [1.82, 2.24) is 10.3 Å². The number of furan rings is 1. The SMILES string of the molecule is Cc1nc(-c2ccc(CNC(=O)c3ccccc3C(F)(F)F)o2)cs1. The van der Waals surface area contributed by atoms with Gasteiger partial charge < -0.3 is 9.73 Å². The predicted molar refractivity (Wildman–Crippen MR) is 87.2 cm³/mol. The van der Waals surface area contributed by atoms with Gasteiger partial charge in [-0.25, -0.2) is 4.98 Å². The number of amides is 1. The van der Waals surface area contributed by atoms with Crippen molar-refractivity contribution in [3.8, 4) is 11.5 Å². The molecule has 3 aromatic rings. The number of hydrogen-bond acceptors (Lipinski definition) is 4. The van der Waals surface area contributed by atoms with Crippen LogP contribution in [0.25, 0.3) is 11.5 Å². The van der Waals surface area contributed by atoms with Gasteiger partial charge in [0.15, 0.2) is 5.76 Å². The quantitative estimate of drug-likeness (QED) is 0.731. The summed E-state index contributed by atoms with van der Waals surface area (Å²) < 4.78 is 44.5. The molecular weight excluding hydrogens is 353 g/mol. The molecule has 0 bridgehead atoms. The van der Waals surface area contributed by atoms with Crippen LogP contribution in [0, 0.1) is 6.92 Å². The second kappa shape index (κ2) is 6.72. The maximum atomic E-state index is 13.0. The largest absolute Gasteiger partial charge is 0.458 e. The number of thiazole rings is 1. The first-order valence-corrected chi connectivity index (χ1v) is 8.18. The lowest BCUT2D eigenvalue weighted by Crippen LogP contribution is -2.25. The number of carbonyl (C=O) groups excluding carboxylic acids is 1. The van der Waals surface area contributed by atoms with E-state index >= 15 is 0 Å². The Morgan fingerprint density at radius 2 is 2.00 bits per heavy atom. The topological polar surface area (TPSA) is 55.1 Å². The third-order valence-electron chi connectivity index (χ3n) is 3.43. The minimum atomic E-state index is -4.59. The highest BCUT2D eigenvalue weighted by Gasteiger charge is 2.34. The molecule has 0 aliphatic carbocycles. The van der Waals surface area contributed by atoms with Crippen LogP contribution in [0.1, 0.15) is 26.7 Å². The summed E-state index contributed by atoms with van der Waals surface area (Å²) in [7, 11) is 0. The van der Waals surface area contributed by atoms with Crippen molar-refractivity contribution in [1.29, 1.82) is 0 Å². The summed E-state index contributed by atoms with van der Waals surface area (Å²) in [5, 5.41) is 5.18. The number of halogens is 3. The number of alkyl halides is 3. The Hall–Kier alpha value is -2.61. The standard InChI is InChI=1S/C17H13F3N2O2S/c1-10-22-14(9-25-10)15-7-6-11(24-15)8-21-16(23)12-4-2-3-5-13(12)17(18,19)20/h2-7,9H,8H2,1H3,(H,21,23). The molecule has 2 heterocycles. The molecule has 4 nitrogen and oxygen atoms in total. The molecule has 25 heavy (non-hydrogen) atoms. The van der Waals surface area contributed by atoms with Crippen molar-refractivity contribution in [2.75, 3.05) is 0 Å². The summed E-state index contributed by atoms with van der Waals surface area (Å²) in [6.07, 6.45) is -4.59. The number of aromatic nitrogens is 1. The third-order valence-corrected chi connectivity index (χ3v) is 4.21. The number of rotatable bonds is 4. The lowest BCUT2D eigenvalue weighted by atomic mass is 10.1. The number of hydrogen-bond donors (Lipinski definition) is 1. The molecule has 0 fully saturated rings. The monoisotopic (exact) mass is 366 g/mol. The zero-order chi connectivity index (χ0) is 18.0. The molecular formula is C17H13F3N2O2S. The van der Waals surface area contributed by atoms with Crippen LogP contribution >= 0.6 is 11.3 Å². The minimum Gasteiger partial charge on any atom is -0.458 e. The number of nitrogens with zero attached hydrogens (tertiary/aromatic N) is 1. The molecule has 1 amide bonds. The lowest BCUT2D eigenvalue weighted by molar-refractivity contribution is -0.137. The van der Waals surface area contributed by atoms with E-state index in [0.29, 0.717) is 17.2 Å². The molecule has 0 spiro atoms. The Morgan fingerprint density at radius 3 is 2.68 bits per heavy atom. The van der Waals surface area contributed by atoms with Gasteiger partial charge in [-0.1, -0.05) is 12.1 Å². The van der Waals surface area contributed by atoms with Crippen LogP contribution in [0.3, 0.4) is 0 Å². The first-order chi connectivity index (χ1) is 11.8. The van der Waals surface area contributed by atoms with Crippen LogP contribution < -0.4 is 5.32 Å². The highest BCUT2D eigenvalue weighted by Crippen LogP contribution is 2.31. The molecule has 8 heteroatoms. The maximum absolute atomic E-state index is 13.0. The first kappa shape index (κ1) is 17.2. The van der Waals surface area contributed by atoms with Gasteiger partial charge in [0.05, 0.1) is 22.7 Å². The molecule has 0 aliphatic rings. The summed E-state index contributed by atoms with van der Waals surface area (Å²) in [5.74, 6) is 0.165. The molecule has 0 atom stereocenters. The van der Waals surface area contributed by atoms with Gasteiger partial charge >= 0.3 is 6.18 Å². The van der Waals surface area contributed by atoms with Gasteiger partial charge in [0.1, 0.15) is 11.5 Å². The fraction of sp³-hybridized carbons (Fsp3) is 0.176. The fourth-order valence-corrected chi connectivity index (χ4v) is 2.88. The van der Waals surface area contributed by atoms with Crippen molar-refractivity contribution in [2.45, 2.75) is 19.6 Å². The van der Waals surface area contributed by atoms with Gasteiger partial charge in [-0.2, -0.15) is 13.2 Å². The Balaban J connectivity index is 1.71. The Kier molecular flexibility index (Phi) is 4.63. The van der Waals surface area contributed by atoms with E-state index in [4.69, 9.17) is 4.42 Å². The van der Waals surface area contributed by atoms with Crippen LogP contribution in [0.2, 0.25) is 0 Å². The van der Waals surface area contributed by atoms with E-state index in [-0.39, 0.29) is 6.54 Å². The zero-order valence-corrected chi connectivity index (χ0v) is 13.9. The van der Waals surface area contributed by atoms with Crippen LogP contribution in [-0.4, -0.2) is 10.9 Å². The summed E-state index contributed by atoms with van der Waals surface area (Å²) >= 11 is 1.48. The maximum Gasteiger partial charge on any atom is 0.417 e. The Bertz CT molecular complexity index is 899. The molecule has 0 saturated heterocycles. The fourth-order valence-electron chi connectivity index (χ4n) is 2.28. The van der Waals surface area contributed by atoms with E-state index in [9.17, 15) is 18.0 Å². The normalized spacial score (nSPS) is 11.5. The van der Waals surface area contributed by atoms with E-state index in [0.717, 1.165) is 17.1 Å². The molecule has 0 saturated carbocycles. The average Bonchev–Trinajstić information content (AvgIpc) is 3.20. The Labute approximate surface area is 145 Å². The summed E-state index contributed by atoms with van der Waals surface area (Å²) in [4.78, 5) is 16.4. The van der Waals surface area contributed by atoms with Gasteiger partial charge in [-0.15, -0.1) is 11.3 Å². The van der Waals surface area contributed by atoms with Crippen molar-refractivity contribution >= 4 is 17.2 Å². The van der Waals surface area contributed by atoms with Crippen LogP contribution in [-0.2, 0) is 12.7 Å². The van der Waals surface area contributed by atoms with Gasteiger partial charge in [0.25, 0.3) is 5.91 Å². The van der Waals surface area contributed by atoms with Crippen LogP contribution in [0.4, 0.5) is 13.2 Å².